The van der Waals surface area contributed by atoms with E-state index in [1.807, 2.05) is 66.7 Å². The van der Waals surface area contributed by atoms with Crippen LogP contribution >= 0.6 is 11.8 Å². The number of carbonyl (C=O) groups is 3. The number of carbonyl (C=O) groups excluding carboxylic acids is 3. The van der Waals surface area contributed by atoms with Gasteiger partial charge in [0.05, 0.1) is 0 Å². The molecular formula is C31H31N5O4S. The van der Waals surface area contributed by atoms with Crippen molar-refractivity contribution in [3.63, 3.8) is 0 Å². The Morgan fingerprint density at radius 3 is 2.24 bits per heavy atom. The van der Waals surface area contributed by atoms with Crippen LogP contribution in [-0.4, -0.2) is 45.3 Å². The van der Waals surface area contributed by atoms with Gasteiger partial charge >= 0.3 is 0 Å². The number of imidazole rings is 1. The molecule has 0 fully saturated rings. The fourth-order valence-electron chi connectivity index (χ4n) is 4.12. The van der Waals surface area contributed by atoms with Crippen LogP contribution in [0.5, 0.6) is 0 Å². The van der Waals surface area contributed by atoms with Crippen LogP contribution in [0.2, 0.25) is 0 Å². The van der Waals surface area contributed by atoms with Crippen LogP contribution in [0.25, 0.3) is 0 Å². The van der Waals surface area contributed by atoms with Crippen molar-refractivity contribution in [2.24, 2.45) is 4.99 Å². The molecule has 0 aliphatic heterocycles. The number of anilines is 1. The molecule has 0 bridgehead atoms. The number of nitrogens with one attached hydrogen (secondary N) is 2. The van der Waals surface area contributed by atoms with Crippen LogP contribution in [0.1, 0.15) is 34.3 Å². The molecule has 0 radical (unpaired) electrons. The van der Waals surface area contributed by atoms with E-state index in [1.165, 1.54) is 22.8 Å². The summed E-state index contributed by atoms with van der Waals surface area (Å²) < 4.78 is 1.34. The number of aryl methyl sites for hydroxylation is 1. The lowest BCUT2D eigenvalue weighted by Crippen LogP contribution is -2.30. The Hall–Kier alpha value is -4.70. The second kappa shape index (κ2) is 15.2. The maximum atomic E-state index is 13.1. The number of aromatic nitrogens is 2. The number of Topliss-reactive ketones (excluding diaryl/α,β-unsaturated/α-hetero) is 1. The molecule has 210 valence electrons. The number of benzene rings is 3. The first-order valence-corrected chi connectivity index (χ1v) is 14.3. The largest absolute Gasteiger partial charge is 0.407 e. The van der Waals surface area contributed by atoms with E-state index in [2.05, 4.69) is 20.6 Å². The van der Waals surface area contributed by atoms with Crippen molar-refractivity contribution < 1.29 is 19.2 Å². The molecular weight excluding hydrogens is 538 g/mol. The Bertz CT molecular complexity index is 1460. The fraction of sp³-hybridized carbons (Fsp3) is 0.194. The highest BCUT2D eigenvalue weighted by Crippen LogP contribution is 2.25. The number of amidine groups is 1. The van der Waals surface area contributed by atoms with Gasteiger partial charge in [-0.2, -0.15) is 9.72 Å². The van der Waals surface area contributed by atoms with Gasteiger partial charge in [-0.3, -0.25) is 14.4 Å². The van der Waals surface area contributed by atoms with Gasteiger partial charge in [-0.15, -0.1) is 0 Å². The molecule has 4 aromatic rings. The van der Waals surface area contributed by atoms with Gasteiger partial charge in [-0.05, 0) is 42.4 Å². The summed E-state index contributed by atoms with van der Waals surface area (Å²) in [7, 11) is 0. The van der Waals surface area contributed by atoms with Gasteiger partial charge in [0.15, 0.2) is 11.0 Å². The van der Waals surface area contributed by atoms with Crippen LogP contribution in [0, 0.1) is 0 Å². The van der Waals surface area contributed by atoms with Gasteiger partial charge in [-0.25, -0.2) is 4.98 Å². The van der Waals surface area contributed by atoms with Crippen LogP contribution in [0.4, 0.5) is 11.6 Å². The number of thioether (sulfide) groups is 1. The number of nitrogens with zero attached hydrogens (tertiary/aromatic N) is 3. The van der Waals surface area contributed by atoms with Gasteiger partial charge in [-0.1, -0.05) is 90.6 Å². The smallest absolute Gasteiger partial charge is 0.257 e. The molecule has 0 spiro atoms. The standard InChI is InChI=1S/C31H31N5O4S/c1-41-31(35-30(39)25-15-9-4-10-16-25)34-29-28(33-22-37)32-21-36(29)40-27(18-17-23-11-5-2-6-12-23)20-26(38)19-24-13-7-3-8-14-24/h2-16,21-22,27H,17-20H2,1H3,(H,33,37)(H,34,35,39)/t27-/m1/s1. The first-order chi connectivity index (χ1) is 20.1. The molecule has 4 rings (SSSR count). The molecule has 1 heterocycles. The Labute approximate surface area is 243 Å². The number of hydrogen-bond donors (Lipinski definition) is 2. The third kappa shape index (κ3) is 8.91. The highest BCUT2D eigenvalue weighted by Gasteiger charge is 2.21. The average molecular weight is 570 g/mol. The van der Waals surface area contributed by atoms with Gasteiger partial charge < -0.3 is 15.5 Å². The topological polar surface area (TPSA) is 115 Å². The predicted molar refractivity (Wildman–Crippen MR) is 161 cm³/mol. The minimum absolute atomic E-state index is 0.0330. The summed E-state index contributed by atoms with van der Waals surface area (Å²) in [6, 6.07) is 28.3. The number of ketones is 1. The summed E-state index contributed by atoms with van der Waals surface area (Å²) in [5, 5.41) is 5.59. The van der Waals surface area contributed by atoms with Crippen molar-refractivity contribution in [1.82, 2.24) is 15.0 Å². The lowest BCUT2D eigenvalue weighted by atomic mass is 10.0. The molecule has 2 N–H and O–H groups in total. The van der Waals surface area contributed by atoms with Crippen molar-refractivity contribution in [2.45, 2.75) is 31.8 Å². The summed E-state index contributed by atoms with van der Waals surface area (Å²) in [5.41, 5.74) is 2.53. The third-order valence-electron chi connectivity index (χ3n) is 6.13. The summed E-state index contributed by atoms with van der Waals surface area (Å²) in [6.45, 7) is 0. The molecule has 0 aliphatic rings. The van der Waals surface area contributed by atoms with E-state index in [0.29, 0.717) is 31.2 Å². The van der Waals surface area contributed by atoms with E-state index in [0.717, 1.165) is 11.1 Å². The van der Waals surface area contributed by atoms with Crippen LogP contribution in [0.15, 0.2) is 102 Å². The zero-order chi connectivity index (χ0) is 28.9. The summed E-state index contributed by atoms with van der Waals surface area (Å²) in [6.07, 6.45) is 4.85. The Morgan fingerprint density at radius 2 is 1.61 bits per heavy atom. The zero-order valence-corrected chi connectivity index (χ0v) is 23.4. The monoisotopic (exact) mass is 569 g/mol. The molecule has 1 aromatic heterocycles. The van der Waals surface area contributed by atoms with Crippen molar-refractivity contribution in [3.8, 4) is 0 Å². The molecule has 2 amide bonds. The molecule has 10 heteroatoms. The van der Waals surface area contributed by atoms with E-state index in [9.17, 15) is 14.4 Å². The van der Waals surface area contributed by atoms with Crippen molar-refractivity contribution in [2.75, 3.05) is 11.6 Å². The van der Waals surface area contributed by atoms with Crippen molar-refractivity contribution in [1.29, 1.82) is 0 Å². The maximum Gasteiger partial charge on any atom is 0.257 e. The fourth-order valence-corrected chi connectivity index (χ4v) is 4.49. The predicted octanol–water partition coefficient (Wildman–Crippen LogP) is 4.86. The van der Waals surface area contributed by atoms with Crippen LogP contribution in [0.3, 0.4) is 0 Å². The molecule has 0 saturated carbocycles. The number of hydrogen-bond acceptors (Lipinski definition) is 7. The minimum Gasteiger partial charge on any atom is -0.407 e. The summed E-state index contributed by atoms with van der Waals surface area (Å²) >= 11 is 1.22. The molecule has 41 heavy (non-hydrogen) atoms. The number of rotatable bonds is 13. The first kappa shape index (κ1) is 29.3. The molecule has 0 saturated heterocycles. The molecule has 1 atom stereocenters. The second-order valence-electron chi connectivity index (χ2n) is 9.10. The van der Waals surface area contributed by atoms with Crippen molar-refractivity contribution in [3.05, 3.63) is 114 Å². The van der Waals surface area contributed by atoms with Crippen LogP contribution in [-0.2, 0) is 22.4 Å². The van der Waals surface area contributed by atoms with E-state index < -0.39 is 6.10 Å². The highest BCUT2D eigenvalue weighted by molar-refractivity contribution is 8.13. The van der Waals surface area contributed by atoms with Gasteiger partial charge in [0.25, 0.3) is 5.91 Å². The van der Waals surface area contributed by atoms with Crippen molar-refractivity contribution >= 4 is 46.7 Å². The Kier molecular flexibility index (Phi) is 10.8. The first-order valence-electron chi connectivity index (χ1n) is 13.1. The zero-order valence-electron chi connectivity index (χ0n) is 22.6. The van der Waals surface area contributed by atoms with E-state index in [1.54, 1.807) is 30.5 Å². The number of aliphatic imine (C=N–C) groups is 1. The summed E-state index contributed by atoms with van der Waals surface area (Å²) in [5.74, 6) is 0.0291. The third-order valence-corrected chi connectivity index (χ3v) is 6.71. The van der Waals surface area contributed by atoms with Gasteiger partial charge in [0.2, 0.25) is 12.2 Å². The molecule has 0 unspecified atom stereocenters. The molecule has 9 nitrogen and oxygen atoms in total. The number of amides is 2. The lowest BCUT2D eigenvalue weighted by molar-refractivity contribution is -0.121. The Morgan fingerprint density at radius 1 is 0.976 bits per heavy atom. The second-order valence-corrected chi connectivity index (χ2v) is 9.90. The van der Waals surface area contributed by atoms with Crippen LogP contribution < -0.4 is 15.5 Å². The molecule has 3 aromatic carbocycles. The normalized spacial score (nSPS) is 11.9. The highest BCUT2D eigenvalue weighted by atomic mass is 32.2. The van der Waals surface area contributed by atoms with E-state index in [-0.39, 0.29) is 34.9 Å². The van der Waals surface area contributed by atoms with Gasteiger partial charge in [0.1, 0.15) is 18.2 Å². The molecule has 0 aliphatic carbocycles. The van der Waals surface area contributed by atoms with E-state index in [4.69, 9.17) is 4.84 Å². The minimum atomic E-state index is -0.504. The SMILES string of the molecule is CSC(=Nc1c(NC=O)ncn1O[C@H](CCc1ccccc1)CC(=O)Cc1ccccc1)NC(=O)c1ccccc1. The maximum absolute atomic E-state index is 13.1. The van der Waals surface area contributed by atoms with E-state index >= 15 is 0 Å². The summed E-state index contributed by atoms with van der Waals surface area (Å²) in [4.78, 5) is 52.2. The quantitative estimate of drug-likeness (QED) is 0.135. The lowest BCUT2D eigenvalue weighted by Gasteiger charge is -2.20. The Balaban J connectivity index is 1.57. The van der Waals surface area contributed by atoms with Gasteiger partial charge in [0, 0.05) is 18.4 Å². The average Bonchev–Trinajstić information content (AvgIpc) is 3.37.